The van der Waals surface area contributed by atoms with Gasteiger partial charge in [0, 0.05) is 25.1 Å². The van der Waals surface area contributed by atoms with E-state index in [1.165, 1.54) is 4.90 Å². The summed E-state index contributed by atoms with van der Waals surface area (Å²) in [5.41, 5.74) is 5.42. The number of nitrogens with two attached hydrogens (primary N) is 1. The first-order valence-electron chi connectivity index (χ1n) is 14.5. The van der Waals surface area contributed by atoms with Crippen molar-refractivity contribution < 1.29 is 29.0 Å². The number of ether oxygens (including phenoxy) is 1. The number of primary amides is 1. The van der Waals surface area contributed by atoms with Crippen LogP contribution in [0.3, 0.4) is 0 Å². The zero-order valence-electron chi connectivity index (χ0n) is 25.2. The van der Waals surface area contributed by atoms with Gasteiger partial charge in [0.2, 0.25) is 17.7 Å². The van der Waals surface area contributed by atoms with Crippen LogP contribution in [0.4, 0.5) is 4.79 Å². The maximum Gasteiger partial charge on any atom is 0.408 e. The van der Waals surface area contributed by atoms with Crippen molar-refractivity contribution in [2.24, 2.45) is 5.73 Å². The summed E-state index contributed by atoms with van der Waals surface area (Å²) in [6.07, 6.45) is 5.12. The molecule has 0 heterocycles. The predicted octanol–water partition coefficient (Wildman–Crippen LogP) is 4.62. The van der Waals surface area contributed by atoms with E-state index in [0.29, 0.717) is 24.1 Å². The van der Waals surface area contributed by atoms with Gasteiger partial charge in [-0.05, 0) is 52.5 Å². The largest absolute Gasteiger partial charge is 0.507 e. The lowest BCUT2D eigenvalue weighted by molar-refractivity contribution is -0.143. The minimum atomic E-state index is -1.17. The predicted molar refractivity (Wildman–Crippen MR) is 156 cm³/mol. The van der Waals surface area contributed by atoms with Crippen LogP contribution in [0.15, 0.2) is 18.2 Å². The number of alkyl carbamates (subject to hydrolysis) is 1. The monoisotopic (exact) mass is 562 g/mol. The van der Waals surface area contributed by atoms with E-state index in [9.17, 15) is 24.3 Å². The molecule has 1 rings (SSSR count). The first-order valence-corrected chi connectivity index (χ1v) is 14.5. The molecule has 0 saturated carbocycles. The van der Waals surface area contributed by atoms with Gasteiger partial charge in [-0.3, -0.25) is 14.4 Å². The van der Waals surface area contributed by atoms with E-state index >= 15 is 0 Å². The molecule has 0 aliphatic heterocycles. The number of para-hydroxylation sites is 1. The first kappa shape index (κ1) is 34.7. The van der Waals surface area contributed by atoms with Crippen LogP contribution in [0.2, 0.25) is 0 Å². The highest BCUT2D eigenvalue weighted by Gasteiger charge is 2.37. The van der Waals surface area contributed by atoms with Crippen LogP contribution in [0, 0.1) is 6.92 Å². The Balaban J connectivity index is 3.54. The zero-order chi connectivity index (χ0) is 30.3. The molecule has 1 aromatic rings. The molecule has 0 radical (unpaired) electrons. The molecule has 0 bridgehead atoms. The maximum atomic E-state index is 14.2. The Morgan fingerprint density at radius 1 is 1.02 bits per heavy atom. The topological polar surface area (TPSA) is 151 Å². The Bertz CT molecular complexity index is 975. The van der Waals surface area contributed by atoms with Crippen molar-refractivity contribution in [3.05, 3.63) is 29.3 Å². The van der Waals surface area contributed by atoms with Gasteiger partial charge in [-0.2, -0.15) is 0 Å². The van der Waals surface area contributed by atoms with Crippen LogP contribution in [0.25, 0.3) is 0 Å². The lowest BCUT2D eigenvalue weighted by Gasteiger charge is -2.35. The lowest BCUT2D eigenvalue weighted by atomic mass is 9.98. The molecule has 226 valence electrons. The maximum absolute atomic E-state index is 14.2. The van der Waals surface area contributed by atoms with Gasteiger partial charge in [0.1, 0.15) is 23.4 Å². The van der Waals surface area contributed by atoms with Crippen molar-refractivity contribution in [3.8, 4) is 5.75 Å². The quantitative estimate of drug-likeness (QED) is 0.204. The van der Waals surface area contributed by atoms with E-state index in [1.807, 2.05) is 6.92 Å². The van der Waals surface area contributed by atoms with Gasteiger partial charge in [-0.1, -0.05) is 64.2 Å². The van der Waals surface area contributed by atoms with E-state index in [1.54, 1.807) is 45.9 Å². The van der Waals surface area contributed by atoms with Crippen LogP contribution in [0.5, 0.6) is 5.75 Å². The van der Waals surface area contributed by atoms with E-state index in [4.69, 9.17) is 10.5 Å². The number of aromatic hydroxyl groups is 1. The van der Waals surface area contributed by atoms with Gasteiger partial charge < -0.3 is 31.1 Å². The minimum Gasteiger partial charge on any atom is -0.507 e. The van der Waals surface area contributed by atoms with E-state index in [2.05, 4.69) is 17.6 Å². The lowest BCUT2D eigenvalue weighted by Crippen LogP contribution is -2.53. The van der Waals surface area contributed by atoms with Gasteiger partial charge >= 0.3 is 6.09 Å². The molecule has 10 nitrogen and oxygen atoms in total. The summed E-state index contributed by atoms with van der Waals surface area (Å²) in [5.74, 6) is -1.68. The summed E-state index contributed by atoms with van der Waals surface area (Å²) in [4.78, 5) is 53.5. The molecule has 0 fully saturated rings. The number of phenols is 1. The van der Waals surface area contributed by atoms with Crippen LogP contribution >= 0.6 is 0 Å². The third kappa shape index (κ3) is 12.3. The van der Waals surface area contributed by atoms with Crippen LogP contribution < -0.4 is 16.4 Å². The number of hydrogen-bond acceptors (Lipinski definition) is 6. The molecule has 10 heteroatoms. The molecule has 5 N–H and O–H groups in total. The average molecular weight is 563 g/mol. The molecule has 0 spiro atoms. The van der Waals surface area contributed by atoms with E-state index in [-0.39, 0.29) is 25.1 Å². The molecule has 0 aliphatic rings. The van der Waals surface area contributed by atoms with Crippen molar-refractivity contribution in [2.45, 2.75) is 117 Å². The number of amides is 4. The van der Waals surface area contributed by atoms with Crippen LogP contribution in [0.1, 0.15) is 110 Å². The highest BCUT2D eigenvalue weighted by molar-refractivity contribution is 5.93. The van der Waals surface area contributed by atoms with Crippen molar-refractivity contribution in [1.82, 2.24) is 15.5 Å². The van der Waals surface area contributed by atoms with E-state index < -0.39 is 41.5 Å². The Morgan fingerprint density at radius 2 is 1.68 bits per heavy atom. The summed E-state index contributed by atoms with van der Waals surface area (Å²) in [6.45, 7) is 11.6. The van der Waals surface area contributed by atoms with Gasteiger partial charge in [-0.25, -0.2) is 4.79 Å². The number of aryl methyl sites for hydroxylation is 1. The highest BCUT2D eigenvalue weighted by atomic mass is 16.6. The van der Waals surface area contributed by atoms with Crippen molar-refractivity contribution in [1.29, 1.82) is 0 Å². The Labute approximate surface area is 239 Å². The number of hydrogen-bond donors (Lipinski definition) is 4. The number of nitrogens with one attached hydrogen (secondary N) is 2. The second-order valence-electron chi connectivity index (χ2n) is 11.2. The summed E-state index contributed by atoms with van der Waals surface area (Å²) in [7, 11) is 0. The van der Waals surface area contributed by atoms with Gasteiger partial charge in [0.25, 0.3) is 0 Å². The molecule has 1 aromatic carbocycles. The molecule has 0 aliphatic carbocycles. The molecule has 2 atom stereocenters. The highest BCUT2D eigenvalue weighted by Crippen LogP contribution is 2.33. The fourth-order valence-corrected chi connectivity index (χ4v) is 4.28. The summed E-state index contributed by atoms with van der Waals surface area (Å²) in [6, 6.07) is 2.76. The van der Waals surface area contributed by atoms with Gasteiger partial charge in [-0.15, -0.1) is 0 Å². The average Bonchev–Trinajstić information content (AvgIpc) is 2.86. The van der Waals surface area contributed by atoms with Crippen molar-refractivity contribution in [3.63, 3.8) is 0 Å². The number of phenolic OH excluding ortho intramolecular Hbond substituents is 1. The Hall–Kier alpha value is -3.30. The Kier molecular flexibility index (Phi) is 15.1. The van der Waals surface area contributed by atoms with Crippen LogP contribution in [-0.2, 0) is 19.1 Å². The second-order valence-corrected chi connectivity index (χ2v) is 11.2. The molecule has 0 aromatic heterocycles. The van der Waals surface area contributed by atoms with Crippen molar-refractivity contribution in [2.75, 3.05) is 13.1 Å². The molecular weight excluding hydrogens is 512 g/mol. The zero-order valence-corrected chi connectivity index (χ0v) is 25.2. The third-order valence-corrected chi connectivity index (χ3v) is 6.41. The SMILES string of the molecule is CCCCCCCN(C(=O)C(CCC(N)=O)NC(=O)OC(C)(C)C)C(C(=O)NCCCC)c1cccc(C)c1O. The smallest absolute Gasteiger partial charge is 0.408 e. The van der Waals surface area contributed by atoms with E-state index in [0.717, 1.165) is 38.5 Å². The number of rotatable bonds is 17. The number of unbranched alkanes of at least 4 members (excludes halogenated alkanes) is 5. The molecule has 40 heavy (non-hydrogen) atoms. The molecule has 2 unspecified atom stereocenters. The molecular formula is C30H50N4O6. The van der Waals surface area contributed by atoms with Gasteiger partial charge in [0.05, 0.1) is 0 Å². The summed E-state index contributed by atoms with van der Waals surface area (Å²) in [5, 5.41) is 16.5. The normalized spacial score (nSPS) is 12.8. The number of nitrogens with zero attached hydrogens (tertiary/aromatic N) is 1. The first-order chi connectivity index (χ1) is 18.8. The number of carbonyl (C=O) groups is 4. The fraction of sp³-hybridized carbons (Fsp3) is 0.667. The Morgan fingerprint density at radius 3 is 2.27 bits per heavy atom. The summed E-state index contributed by atoms with van der Waals surface area (Å²) >= 11 is 0. The van der Waals surface area contributed by atoms with Crippen molar-refractivity contribution >= 4 is 23.8 Å². The standard InChI is InChI=1S/C30H50N4O6/c1-7-9-11-12-13-20-34(28(38)23(17-18-24(31)35)33-29(39)40-30(4,5)6)25(27(37)32-19-10-8-2)22-16-14-15-21(3)26(22)36/h14-16,23,25,36H,7-13,17-20H2,1-6H3,(H2,31,35)(H,32,37)(H,33,39). The number of carbonyl (C=O) groups excluding carboxylic acids is 4. The van der Waals surface area contributed by atoms with Gasteiger partial charge in [0.15, 0.2) is 0 Å². The number of benzene rings is 1. The molecule has 0 saturated heterocycles. The second kappa shape index (κ2) is 17.4. The summed E-state index contributed by atoms with van der Waals surface area (Å²) < 4.78 is 5.37. The molecule has 4 amide bonds. The van der Waals surface area contributed by atoms with Crippen LogP contribution in [-0.4, -0.2) is 58.6 Å². The minimum absolute atomic E-state index is 0.0658. The fourth-order valence-electron chi connectivity index (χ4n) is 4.28. The third-order valence-electron chi connectivity index (χ3n) is 6.41.